The summed E-state index contributed by atoms with van der Waals surface area (Å²) in [4.78, 5) is 15.9. The van der Waals surface area contributed by atoms with Gasteiger partial charge in [0, 0.05) is 18.8 Å². The van der Waals surface area contributed by atoms with E-state index in [4.69, 9.17) is 9.15 Å². The molecule has 1 amide bonds. The summed E-state index contributed by atoms with van der Waals surface area (Å²) < 4.78 is 10.0. The first-order chi connectivity index (χ1) is 8.70. The highest BCUT2D eigenvalue weighted by atomic mass is 16.5. The molecular formula is C13H14N2O3. The second kappa shape index (κ2) is 5.35. The van der Waals surface area contributed by atoms with Crippen LogP contribution in [0.2, 0.25) is 0 Å². The number of hydrogen-bond acceptors (Lipinski definition) is 4. The second-order valence-corrected chi connectivity index (χ2v) is 3.78. The fraction of sp³-hybridized carbons (Fsp3) is 0.231. The lowest BCUT2D eigenvalue weighted by Gasteiger charge is -2.05. The number of aryl methyl sites for hydroxylation is 1. The van der Waals surface area contributed by atoms with Crippen LogP contribution in [-0.4, -0.2) is 18.0 Å². The highest BCUT2D eigenvalue weighted by Crippen LogP contribution is 2.09. The number of carbonyl (C=O) groups is 1. The molecule has 0 bridgehead atoms. The second-order valence-electron chi connectivity index (χ2n) is 3.78. The summed E-state index contributed by atoms with van der Waals surface area (Å²) in [6.07, 6.45) is 3.17. The molecule has 0 fully saturated rings. The van der Waals surface area contributed by atoms with E-state index in [-0.39, 0.29) is 5.91 Å². The molecule has 5 nitrogen and oxygen atoms in total. The Morgan fingerprint density at radius 2 is 2.28 bits per heavy atom. The van der Waals surface area contributed by atoms with Gasteiger partial charge in [-0.05, 0) is 18.6 Å². The number of nitrogens with zero attached hydrogens (tertiary/aromatic N) is 1. The highest BCUT2D eigenvalue weighted by molar-refractivity contribution is 5.94. The molecule has 0 aliphatic heterocycles. The van der Waals surface area contributed by atoms with Crippen molar-refractivity contribution in [3.63, 3.8) is 0 Å². The number of methoxy groups -OCH3 is 1. The number of carbonyl (C=O) groups excluding carboxylic acids is 1. The van der Waals surface area contributed by atoms with Crippen LogP contribution in [0.15, 0.2) is 35.1 Å². The van der Waals surface area contributed by atoms with Gasteiger partial charge in [-0.3, -0.25) is 4.79 Å². The van der Waals surface area contributed by atoms with Crippen molar-refractivity contribution in [3.8, 4) is 5.88 Å². The molecule has 0 saturated carbocycles. The summed E-state index contributed by atoms with van der Waals surface area (Å²) in [5.74, 6) is 1.01. The molecule has 0 spiro atoms. The fourth-order valence-corrected chi connectivity index (χ4v) is 1.53. The van der Waals surface area contributed by atoms with Crippen molar-refractivity contribution in [2.45, 2.75) is 13.5 Å². The predicted molar refractivity (Wildman–Crippen MR) is 65.4 cm³/mol. The number of furan rings is 1. The van der Waals surface area contributed by atoms with Crippen molar-refractivity contribution in [3.05, 3.63) is 47.5 Å². The Balaban J connectivity index is 1.95. The van der Waals surface area contributed by atoms with E-state index in [9.17, 15) is 4.79 Å². The molecule has 0 aromatic carbocycles. The van der Waals surface area contributed by atoms with Crippen molar-refractivity contribution in [1.29, 1.82) is 0 Å². The summed E-state index contributed by atoms with van der Waals surface area (Å²) in [7, 11) is 1.56. The van der Waals surface area contributed by atoms with Crippen LogP contribution in [0.25, 0.3) is 0 Å². The lowest BCUT2D eigenvalue weighted by Crippen LogP contribution is -2.23. The molecule has 5 heteroatoms. The molecule has 94 valence electrons. The molecule has 2 aromatic rings. The summed E-state index contributed by atoms with van der Waals surface area (Å²) in [5, 5.41) is 2.80. The topological polar surface area (TPSA) is 64.4 Å². The van der Waals surface area contributed by atoms with E-state index in [0.29, 0.717) is 23.7 Å². The van der Waals surface area contributed by atoms with Crippen molar-refractivity contribution in [2.24, 2.45) is 0 Å². The van der Waals surface area contributed by atoms with E-state index in [2.05, 4.69) is 10.3 Å². The van der Waals surface area contributed by atoms with Crippen LogP contribution in [0.1, 0.15) is 21.7 Å². The molecule has 0 saturated heterocycles. The first-order valence-corrected chi connectivity index (χ1v) is 5.52. The molecule has 2 heterocycles. The zero-order valence-corrected chi connectivity index (χ0v) is 10.3. The van der Waals surface area contributed by atoms with Crippen molar-refractivity contribution in [1.82, 2.24) is 10.3 Å². The number of pyridine rings is 1. The minimum Gasteiger partial charge on any atom is -0.481 e. The smallest absolute Gasteiger partial charge is 0.255 e. The van der Waals surface area contributed by atoms with Gasteiger partial charge in [0.1, 0.15) is 5.76 Å². The van der Waals surface area contributed by atoms with Gasteiger partial charge in [0.15, 0.2) is 0 Å². The van der Waals surface area contributed by atoms with Gasteiger partial charge in [0.25, 0.3) is 5.91 Å². The summed E-state index contributed by atoms with van der Waals surface area (Å²) >= 11 is 0. The molecule has 2 rings (SSSR count). The van der Waals surface area contributed by atoms with Crippen LogP contribution in [0, 0.1) is 6.92 Å². The molecule has 18 heavy (non-hydrogen) atoms. The zero-order chi connectivity index (χ0) is 13.0. The number of nitrogens with one attached hydrogen (secondary N) is 1. The average molecular weight is 246 g/mol. The molecular weight excluding hydrogens is 232 g/mol. The number of aromatic nitrogens is 1. The molecule has 0 radical (unpaired) electrons. The van der Waals surface area contributed by atoms with Crippen LogP contribution in [-0.2, 0) is 6.54 Å². The summed E-state index contributed by atoms with van der Waals surface area (Å²) in [6, 6.07) is 5.26. The first-order valence-electron chi connectivity index (χ1n) is 5.52. The van der Waals surface area contributed by atoms with Crippen molar-refractivity contribution < 1.29 is 13.9 Å². The van der Waals surface area contributed by atoms with E-state index in [1.54, 1.807) is 32.4 Å². The third-order valence-electron chi connectivity index (χ3n) is 2.56. The zero-order valence-electron chi connectivity index (χ0n) is 10.3. The summed E-state index contributed by atoms with van der Waals surface area (Å²) in [5.41, 5.74) is 1.46. The van der Waals surface area contributed by atoms with E-state index in [1.165, 1.54) is 6.26 Å². The number of ether oxygens (including phenoxy) is 1. The molecule has 1 N–H and O–H groups in total. The molecule has 0 aliphatic carbocycles. The van der Waals surface area contributed by atoms with Gasteiger partial charge in [0.2, 0.25) is 5.88 Å². The van der Waals surface area contributed by atoms with E-state index >= 15 is 0 Å². The molecule has 2 aromatic heterocycles. The normalized spacial score (nSPS) is 10.1. The van der Waals surface area contributed by atoms with Crippen LogP contribution in [0.3, 0.4) is 0 Å². The standard InChI is InChI=1S/C13H14N2O3/c1-9-11(5-6-18-9)13(16)15-8-10-3-4-12(17-2)14-7-10/h3-7H,8H2,1-2H3,(H,15,16). The predicted octanol–water partition coefficient (Wildman–Crippen LogP) is 1.92. The fourth-order valence-electron chi connectivity index (χ4n) is 1.53. The molecule has 0 unspecified atom stereocenters. The van der Waals surface area contributed by atoms with E-state index < -0.39 is 0 Å². The molecule has 0 aliphatic rings. The van der Waals surface area contributed by atoms with Crippen LogP contribution < -0.4 is 10.1 Å². The Labute approximate surface area is 105 Å². The lowest BCUT2D eigenvalue weighted by atomic mass is 10.2. The molecule has 0 atom stereocenters. The average Bonchev–Trinajstić information content (AvgIpc) is 2.83. The third kappa shape index (κ3) is 2.68. The Hall–Kier alpha value is -2.30. The Morgan fingerprint density at radius 3 is 2.83 bits per heavy atom. The monoisotopic (exact) mass is 246 g/mol. The highest BCUT2D eigenvalue weighted by Gasteiger charge is 2.10. The number of amides is 1. The van der Waals surface area contributed by atoms with Gasteiger partial charge >= 0.3 is 0 Å². The maximum absolute atomic E-state index is 11.8. The quantitative estimate of drug-likeness (QED) is 0.895. The van der Waals surface area contributed by atoms with Crippen molar-refractivity contribution in [2.75, 3.05) is 7.11 Å². The van der Waals surface area contributed by atoms with Crippen molar-refractivity contribution >= 4 is 5.91 Å². The maximum Gasteiger partial charge on any atom is 0.255 e. The van der Waals surface area contributed by atoms with Gasteiger partial charge in [-0.15, -0.1) is 0 Å². The van der Waals surface area contributed by atoms with E-state index in [0.717, 1.165) is 5.56 Å². The number of hydrogen-bond donors (Lipinski definition) is 1. The Bertz CT molecular complexity index is 531. The number of rotatable bonds is 4. The summed E-state index contributed by atoms with van der Waals surface area (Å²) in [6.45, 7) is 2.17. The lowest BCUT2D eigenvalue weighted by molar-refractivity contribution is 0.0949. The van der Waals surface area contributed by atoms with Gasteiger partial charge < -0.3 is 14.5 Å². The Morgan fingerprint density at radius 1 is 1.44 bits per heavy atom. The van der Waals surface area contributed by atoms with Gasteiger partial charge in [0.05, 0.1) is 18.9 Å². The van der Waals surface area contributed by atoms with Crippen LogP contribution >= 0.6 is 0 Å². The van der Waals surface area contributed by atoms with E-state index in [1.807, 2.05) is 6.07 Å². The maximum atomic E-state index is 11.8. The SMILES string of the molecule is COc1ccc(CNC(=O)c2ccoc2C)cn1. The van der Waals surface area contributed by atoms with Crippen LogP contribution in [0.4, 0.5) is 0 Å². The first kappa shape index (κ1) is 12.2. The van der Waals surface area contributed by atoms with Gasteiger partial charge in [-0.25, -0.2) is 4.98 Å². The Kier molecular flexibility index (Phi) is 3.62. The van der Waals surface area contributed by atoms with Gasteiger partial charge in [-0.1, -0.05) is 6.07 Å². The minimum atomic E-state index is -0.155. The van der Waals surface area contributed by atoms with Crippen LogP contribution in [0.5, 0.6) is 5.88 Å². The minimum absolute atomic E-state index is 0.155. The largest absolute Gasteiger partial charge is 0.481 e. The van der Waals surface area contributed by atoms with Gasteiger partial charge in [-0.2, -0.15) is 0 Å². The third-order valence-corrected chi connectivity index (χ3v) is 2.56.